The highest BCUT2D eigenvalue weighted by Crippen LogP contribution is 2.37. The largest absolute Gasteiger partial charge is 0.326 e. The van der Waals surface area contributed by atoms with E-state index in [1.165, 1.54) is 0 Å². The van der Waals surface area contributed by atoms with E-state index in [9.17, 15) is 9.59 Å². The van der Waals surface area contributed by atoms with Gasteiger partial charge in [-0.15, -0.1) is 11.3 Å². The maximum atomic E-state index is 13.6. The van der Waals surface area contributed by atoms with Crippen LogP contribution in [0.5, 0.6) is 0 Å². The molecule has 0 bridgehead atoms. The molecule has 3 aromatic heterocycles. The third-order valence-corrected chi connectivity index (χ3v) is 8.80. The molecule has 0 radical (unpaired) electrons. The summed E-state index contributed by atoms with van der Waals surface area (Å²) < 4.78 is 5.29. The first-order valence-electron chi connectivity index (χ1n) is 13.0. The number of hydrogen-bond donors (Lipinski definition) is 0. The summed E-state index contributed by atoms with van der Waals surface area (Å²) in [6.45, 7) is 0. The van der Waals surface area contributed by atoms with E-state index in [1.54, 1.807) is 17.4 Å². The van der Waals surface area contributed by atoms with Gasteiger partial charge in [-0.3, -0.25) is 14.2 Å². The molecule has 8 rings (SSSR count). The molecule has 0 spiro atoms. The molecular formula is C34H21N3O2S. The minimum atomic E-state index is -0.239. The van der Waals surface area contributed by atoms with Crippen molar-refractivity contribution in [1.82, 2.24) is 14.1 Å². The van der Waals surface area contributed by atoms with Crippen LogP contribution in [0.2, 0.25) is 0 Å². The number of Topliss-reactive ketones (excluding diaryl/α,β-unsaturated/α-hetero) is 2. The Kier molecular flexibility index (Phi) is 4.84. The van der Waals surface area contributed by atoms with E-state index >= 15 is 0 Å². The molecule has 3 heterocycles. The quantitative estimate of drug-likeness (QED) is 0.171. The van der Waals surface area contributed by atoms with Gasteiger partial charge in [0.1, 0.15) is 10.8 Å². The molecule has 5 nitrogen and oxygen atoms in total. The number of hydrogen-bond acceptors (Lipinski definition) is 4. The fourth-order valence-electron chi connectivity index (χ4n) is 5.70. The number of imidazole rings is 1. The zero-order valence-corrected chi connectivity index (χ0v) is 22.3. The van der Waals surface area contributed by atoms with Gasteiger partial charge < -0.3 is 4.57 Å². The molecule has 40 heavy (non-hydrogen) atoms. The van der Waals surface area contributed by atoms with Crippen molar-refractivity contribution in [3.8, 4) is 16.4 Å². The first-order valence-corrected chi connectivity index (χ1v) is 13.8. The standard InChI is InChI=1S/C34H21N3O2S/c1-36-28-19-24(18-27-31(38)25-15-21-11-5-6-12-22(21)16-26(25)32(27)39)37(30-17-23-13-7-8-14-29(23)40-30)34(28)35-33(36)20-9-3-2-4-10-20/h2-19H,1H3. The van der Waals surface area contributed by atoms with E-state index < -0.39 is 0 Å². The molecule has 7 aromatic rings. The second-order valence-corrected chi connectivity index (χ2v) is 11.1. The van der Waals surface area contributed by atoms with Crippen molar-refractivity contribution in [3.05, 3.63) is 126 Å². The predicted octanol–water partition coefficient (Wildman–Crippen LogP) is 7.86. The summed E-state index contributed by atoms with van der Waals surface area (Å²) in [6, 6.07) is 34.0. The smallest absolute Gasteiger partial charge is 0.197 e. The second-order valence-electron chi connectivity index (χ2n) is 10.1. The third-order valence-electron chi connectivity index (χ3n) is 7.70. The summed E-state index contributed by atoms with van der Waals surface area (Å²) >= 11 is 1.66. The molecule has 0 N–H and O–H groups in total. The summed E-state index contributed by atoms with van der Waals surface area (Å²) in [4.78, 5) is 32.2. The first kappa shape index (κ1) is 22.9. The van der Waals surface area contributed by atoms with Crippen LogP contribution in [-0.2, 0) is 7.05 Å². The van der Waals surface area contributed by atoms with Gasteiger partial charge >= 0.3 is 0 Å². The van der Waals surface area contributed by atoms with Crippen molar-refractivity contribution < 1.29 is 9.59 Å². The number of aryl methyl sites for hydroxylation is 1. The molecule has 1 aliphatic carbocycles. The number of aromatic nitrogens is 3. The summed E-state index contributed by atoms with van der Waals surface area (Å²) in [6.07, 6.45) is 1.74. The highest BCUT2D eigenvalue weighted by molar-refractivity contribution is 7.21. The molecule has 1 aliphatic rings. The molecule has 6 heteroatoms. The fraction of sp³-hybridized carbons (Fsp3) is 0.0294. The Hall–Kier alpha value is -5.07. The van der Waals surface area contributed by atoms with Crippen LogP contribution >= 0.6 is 11.3 Å². The minimum absolute atomic E-state index is 0.179. The van der Waals surface area contributed by atoms with Crippen LogP contribution < -0.4 is 0 Å². The number of nitrogens with zero attached hydrogens (tertiary/aromatic N) is 3. The van der Waals surface area contributed by atoms with Crippen molar-refractivity contribution in [2.24, 2.45) is 7.05 Å². The monoisotopic (exact) mass is 535 g/mol. The molecule has 0 aliphatic heterocycles. The van der Waals surface area contributed by atoms with E-state index in [0.717, 1.165) is 54.1 Å². The van der Waals surface area contributed by atoms with Gasteiger partial charge in [-0.1, -0.05) is 72.8 Å². The van der Waals surface area contributed by atoms with Crippen LogP contribution in [0.4, 0.5) is 0 Å². The van der Waals surface area contributed by atoms with Gasteiger partial charge in [0.15, 0.2) is 17.2 Å². The van der Waals surface area contributed by atoms with Crippen LogP contribution in [0.15, 0.2) is 109 Å². The van der Waals surface area contributed by atoms with Crippen LogP contribution in [0.3, 0.4) is 0 Å². The zero-order valence-electron chi connectivity index (χ0n) is 21.5. The summed E-state index contributed by atoms with van der Waals surface area (Å²) in [5.41, 5.74) is 4.57. The lowest BCUT2D eigenvalue weighted by Gasteiger charge is -2.05. The molecule has 0 unspecified atom stereocenters. The number of fused-ring (bicyclic) bond motifs is 4. The Labute approximate surface area is 233 Å². The molecule has 0 saturated heterocycles. The number of benzene rings is 4. The highest BCUT2D eigenvalue weighted by Gasteiger charge is 2.34. The average molecular weight is 536 g/mol. The lowest BCUT2D eigenvalue weighted by Crippen LogP contribution is -2.02. The fourth-order valence-corrected chi connectivity index (χ4v) is 6.78. The van der Waals surface area contributed by atoms with Gasteiger partial charge in [-0.05, 0) is 52.6 Å². The summed E-state index contributed by atoms with van der Waals surface area (Å²) in [5, 5.41) is 4.00. The van der Waals surface area contributed by atoms with Crippen LogP contribution in [-0.4, -0.2) is 25.7 Å². The molecule has 0 atom stereocenters. The van der Waals surface area contributed by atoms with Crippen LogP contribution in [0.1, 0.15) is 26.4 Å². The first-order chi connectivity index (χ1) is 19.6. The SMILES string of the molecule is Cn1c(-c2ccccc2)nc2c1cc(C=C1C(=O)c3cc4ccccc4cc3C1=O)n2-c1cc2ccccc2s1. The molecule has 0 amide bonds. The van der Waals surface area contributed by atoms with E-state index in [-0.39, 0.29) is 17.1 Å². The van der Waals surface area contributed by atoms with E-state index in [0.29, 0.717) is 11.1 Å². The van der Waals surface area contributed by atoms with Gasteiger partial charge in [-0.25, -0.2) is 4.98 Å². The second kappa shape index (κ2) is 8.46. The topological polar surface area (TPSA) is 56.9 Å². The van der Waals surface area contributed by atoms with E-state index in [4.69, 9.17) is 4.98 Å². The predicted molar refractivity (Wildman–Crippen MR) is 161 cm³/mol. The minimum Gasteiger partial charge on any atom is -0.326 e. The maximum Gasteiger partial charge on any atom is 0.197 e. The Morgan fingerprint density at radius 3 is 2.02 bits per heavy atom. The molecule has 0 fully saturated rings. The Morgan fingerprint density at radius 1 is 0.725 bits per heavy atom. The number of allylic oxidation sites excluding steroid dienone is 1. The van der Waals surface area contributed by atoms with Crippen LogP contribution in [0, 0.1) is 0 Å². The van der Waals surface area contributed by atoms with E-state index in [1.807, 2.05) is 92.0 Å². The lowest BCUT2D eigenvalue weighted by molar-refractivity contribution is 0.0990. The number of thiophene rings is 1. The molecular weight excluding hydrogens is 514 g/mol. The van der Waals surface area contributed by atoms with E-state index in [2.05, 4.69) is 27.3 Å². The average Bonchev–Trinajstić information content (AvgIpc) is 3.71. The van der Waals surface area contributed by atoms with Crippen molar-refractivity contribution >= 4 is 61.0 Å². The third kappa shape index (κ3) is 3.30. The normalized spacial score (nSPS) is 13.2. The Balaban J connectivity index is 1.35. The van der Waals surface area contributed by atoms with Gasteiger partial charge in [0.2, 0.25) is 0 Å². The van der Waals surface area contributed by atoms with Crippen molar-refractivity contribution in [3.63, 3.8) is 0 Å². The number of carbonyl (C=O) groups is 2. The van der Waals surface area contributed by atoms with Gasteiger partial charge in [0, 0.05) is 28.4 Å². The molecule has 4 aromatic carbocycles. The van der Waals surface area contributed by atoms with Crippen molar-refractivity contribution in [2.75, 3.05) is 0 Å². The summed E-state index contributed by atoms with van der Waals surface area (Å²) in [5.74, 6) is 0.375. The number of carbonyl (C=O) groups excluding carboxylic acids is 2. The van der Waals surface area contributed by atoms with Gasteiger partial charge in [0.05, 0.1) is 16.8 Å². The zero-order chi connectivity index (χ0) is 27.0. The van der Waals surface area contributed by atoms with Gasteiger partial charge in [-0.2, -0.15) is 0 Å². The maximum absolute atomic E-state index is 13.6. The molecule has 0 saturated carbocycles. The van der Waals surface area contributed by atoms with Crippen molar-refractivity contribution in [1.29, 1.82) is 0 Å². The van der Waals surface area contributed by atoms with Gasteiger partial charge in [0.25, 0.3) is 0 Å². The van der Waals surface area contributed by atoms with Crippen molar-refractivity contribution in [2.45, 2.75) is 0 Å². The lowest BCUT2D eigenvalue weighted by atomic mass is 10.0. The number of ketones is 2. The molecule has 190 valence electrons. The summed E-state index contributed by atoms with van der Waals surface area (Å²) in [7, 11) is 2.00. The Bertz CT molecular complexity index is 2120. The number of rotatable bonds is 3. The highest BCUT2D eigenvalue weighted by atomic mass is 32.1. The Morgan fingerprint density at radius 2 is 1.35 bits per heavy atom. The van der Waals surface area contributed by atoms with Crippen LogP contribution in [0.25, 0.3) is 54.5 Å².